The molecule has 8 nitrogen and oxygen atoms in total. The van der Waals surface area contributed by atoms with Crippen LogP contribution in [0.2, 0.25) is 0 Å². The highest BCUT2D eigenvalue weighted by Crippen LogP contribution is 2.42. The Kier molecular flexibility index (Phi) is 7.54. The molecule has 2 N–H and O–H groups in total. The third-order valence-corrected chi connectivity index (χ3v) is 7.14. The average molecular weight is 495 g/mol. The van der Waals surface area contributed by atoms with Crippen molar-refractivity contribution >= 4 is 17.4 Å². The summed E-state index contributed by atoms with van der Waals surface area (Å²) in [5, 5.41) is 23.9. The van der Waals surface area contributed by atoms with Crippen molar-refractivity contribution in [3.8, 4) is 17.2 Å². The molecule has 2 aliphatic heterocycles. The zero-order valence-electron chi connectivity index (χ0n) is 21.3. The standard InChI is InChI=1S/C28H34N2O6/c1-5-29(6-2)12-7-13-30-25(18-8-10-21(31)23(16-18)35-4)24(27(33)28(30)34)26(32)19-9-11-22-20(15-19)14-17(3)36-22/h8-11,15-17,25,31-32H,5-7,12-14H2,1-4H3/b26-24+. The van der Waals surface area contributed by atoms with E-state index in [1.54, 1.807) is 30.3 Å². The molecule has 36 heavy (non-hydrogen) atoms. The summed E-state index contributed by atoms with van der Waals surface area (Å²) in [7, 11) is 1.43. The third kappa shape index (κ3) is 4.78. The summed E-state index contributed by atoms with van der Waals surface area (Å²) in [4.78, 5) is 29.4. The molecule has 1 saturated heterocycles. The largest absolute Gasteiger partial charge is 0.872 e. The number of nitrogens with one attached hydrogen (secondary N) is 1. The zero-order valence-corrected chi connectivity index (χ0v) is 21.3. The molecule has 2 aromatic rings. The summed E-state index contributed by atoms with van der Waals surface area (Å²) in [6, 6.07) is 8.95. The van der Waals surface area contributed by atoms with Crippen LogP contribution >= 0.6 is 0 Å². The first-order chi connectivity index (χ1) is 17.3. The molecule has 2 aliphatic rings. The van der Waals surface area contributed by atoms with Crippen LogP contribution in [0.15, 0.2) is 42.0 Å². The van der Waals surface area contributed by atoms with Gasteiger partial charge in [-0.05, 0) is 61.7 Å². The van der Waals surface area contributed by atoms with Gasteiger partial charge in [-0.3, -0.25) is 9.59 Å². The minimum absolute atomic E-state index is 0.0216. The second kappa shape index (κ2) is 10.6. The van der Waals surface area contributed by atoms with E-state index in [0.717, 1.165) is 30.9 Å². The first-order valence-electron chi connectivity index (χ1n) is 12.6. The molecular formula is C28H34N2O6. The number of rotatable bonds is 9. The molecule has 2 aromatic carbocycles. The van der Waals surface area contributed by atoms with Gasteiger partial charge in [0.2, 0.25) is 5.78 Å². The van der Waals surface area contributed by atoms with Crippen molar-refractivity contribution in [2.24, 2.45) is 0 Å². The SMILES string of the molecule is CC[NH+](CC)CCCN1C(=O)C(=O)/C(=C(/[O-])c2ccc3c(c2)CC(C)O3)C1c1ccc(O)c(OC)c1. The number of fused-ring (bicyclic) bond motifs is 1. The lowest BCUT2D eigenvalue weighted by molar-refractivity contribution is -0.896. The molecule has 0 aliphatic carbocycles. The zero-order chi connectivity index (χ0) is 26.0. The van der Waals surface area contributed by atoms with Crippen LogP contribution in [-0.2, 0) is 16.0 Å². The van der Waals surface area contributed by atoms with E-state index in [9.17, 15) is 19.8 Å². The summed E-state index contributed by atoms with van der Waals surface area (Å²) >= 11 is 0. The Labute approximate surface area is 211 Å². The average Bonchev–Trinajstić information content (AvgIpc) is 3.37. The number of phenolic OH excluding ortho intramolecular Hbond substituents is 1. The minimum atomic E-state index is -0.859. The van der Waals surface area contributed by atoms with Crippen LogP contribution in [0.1, 0.15) is 49.9 Å². The Morgan fingerprint density at radius 2 is 1.94 bits per heavy atom. The third-order valence-electron chi connectivity index (χ3n) is 7.14. The van der Waals surface area contributed by atoms with Gasteiger partial charge in [0.15, 0.2) is 11.5 Å². The van der Waals surface area contributed by atoms with E-state index in [0.29, 0.717) is 30.5 Å². The highest BCUT2D eigenvalue weighted by atomic mass is 16.5. The molecule has 2 atom stereocenters. The van der Waals surface area contributed by atoms with Crippen LogP contribution in [0, 0.1) is 0 Å². The van der Waals surface area contributed by atoms with Gasteiger partial charge in [0.05, 0.1) is 32.8 Å². The van der Waals surface area contributed by atoms with E-state index in [-0.39, 0.29) is 23.2 Å². The van der Waals surface area contributed by atoms with Crippen LogP contribution in [0.5, 0.6) is 17.2 Å². The van der Waals surface area contributed by atoms with Gasteiger partial charge in [-0.2, -0.15) is 0 Å². The molecule has 4 rings (SSSR count). The molecule has 0 radical (unpaired) electrons. The number of phenols is 1. The second-order valence-corrected chi connectivity index (χ2v) is 9.42. The lowest BCUT2D eigenvalue weighted by Crippen LogP contribution is -3.11. The number of likely N-dealkylation sites (tertiary alicyclic amines) is 1. The lowest BCUT2D eigenvalue weighted by Gasteiger charge is -2.28. The predicted octanol–water partition coefficient (Wildman–Crippen LogP) is 1.26. The smallest absolute Gasteiger partial charge is 0.295 e. The predicted molar refractivity (Wildman–Crippen MR) is 133 cm³/mol. The van der Waals surface area contributed by atoms with Gasteiger partial charge in [0.25, 0.3) is 5.91 Å². The highest BCUT2D eigenvalue weighted by molar-refractivity contribution is 6.46. The number of ether oxygens (including phenoxy) is 2. The van der Waals surface area contributed by atoms with E-state index in [4.69, 9.17) is 9.47 Å². The fourth-order valence-electron chi connectivity index (χ4n) is 5.13. The highest BCUT2D eigenvalue weighted by Gasteiger charge is 2.44. The van der Waals surface area contributed by atoms with Crippen molar-refractivity contribution < 1.29 is 34.2 Å². The van der Waals surface area contributed by atoms with Crippen LogP contribution < -0.4 is 19.5 Å². The van der Waals surface area contributed by atoms with Crippen LogP contribution in [0.3, 0.4) is 0 Å². The number of hydrogen-bond donors (Lipinski definition) is 2. The number of amides is 1. The van der Waals surface area contributed by atoms with Gasteiger partial charge in [0, 0.05) is 25.0 Å². The molecule has 0 bridgehead atoms. The van der Waals surface area contributed by atoms with Crippen molar-refractivity contribution in [2.45, 2.75) is 45.8 Å². The van der Waals surface area contributed by atoms with Crippen molar-refractivity contribution in [3.05, 3.63) is 58.7 Å². The quantitative estimate of drug-likeness (QED) is 0.309. The van der Waals surface area contributed by atoms with Crippen molar-refractivity contribution in [3.63, 3.8) is 0 Å². The first kappa shape index (κ1) is 25.6. The van der Waals surface area contributed by atoms with E-state index < -0.39 is 23.5 Å². The summed E-state index contributed by atoms with van der Waals surface area (Å²) in [5.74, 6) is -1.04. The van der Waals surface area contributed by atoms with Gasteiger partial charge >= 0.3 is 0 Å². The Morgan fingerprint density at radius 1 is 1.19 bits per heavy atom. The fourth-order valence-corrected chi connectivity index (χ4v) is 5.13. The number of methoxy groups -OCH3 is 1. The molecule has 0 aromatic heterocycles. The molecule has 8 heteroatoms. The van der Waals surface area contributed by atoms with Crippen LogP contribution in [-0.4, -0.2) is 61.1 Å². The second-order valence-electron chi connectivity index (χ2n) is 9.42. The number of Topliss-reactive ketones (excluding diaryl/α,β-unsaturated/α-hetero) is 1. The van der Waals surface area contributed by atoms with Gasteiger partial charge in [0.1, 0.15) is 11.9 Å². The lowest BCUT2D eigenvalue weighted by atomic mass is 9.94. The maximum atomic E-state index is 13.7. The van der Waals surface area contributed by atoms with E-state index >= 15 is 0 Å². The molecule has 2 unspecified atom stereocenters. The molecule has 2 heterocycles. The summed E-state index contributed by atoms with van der Waals surface area (Å²) < 4.78 is 11.0. The van der Waals surface area contributed by atoms with Crippen LogP contribution in [0.4, 0.5) is 0 Å². The summed E-state index contributed by atoms with van der Waals surface area (Å²) in [6.07, 6.45) is 1.39. The Hall–Kier alpha value is -3.52. The number of quaternary nitrogens is 1. The van der Waals surface area contributed by atoms with E-state index in [2.05, 4.69) is 13.8 Å². The van der Waals surface area contributed by atoms with E-state index in [1.807, 2.05) is 6.92 Å². The number of ketones is 1. The number of hydrogen-bond acceptors (Lipinski definition) is 6. The molecule has 192 valence electrons. The monoisotopic (exact) mass is 494 g/mol. The fraction of sp³-hybridized carbons (Fsp3) is 0.429. The molecule has 1 fully saturated rings. The molecule has 1 amide bonds. The topological polar surface area (TPSA) is 104 Å². The maximum absolute atomic E-state index is 13.7. The number of aromatic hydroxyl groups is 1. The number of carbonyl (C=O) groups excluding carboxylic acids is 2. The normalized spacial score (nSPS) is 20.6. The van der Waals surface area contributed by atoms with Crippen molar-refractivity contribution in [2.75, 3.05) is 33.3 Å². The molecule has 0 spiro atoms. The van der Waals surface area contributed by atoms with Crippen molar-refractivity contribution in [1.82, 2.24) is 4.90 Å². The van der Waals surface area contributed by atoms with Gasteiger partial charge in [-0.25, -0.2) is 0 Å². The Morgan fingerprint density at radius 3 is 2.64 bits per heavy atom. The number of benzene rings is 2. The van der Waals surface area contributed by atoms with Crippen LogP contribution in [0.25, 0.3) is 5.76 Å². The number of carbonyl (C=O) groups is 2. The molecule has 0 saturated carbocycles. The maximum Gasteiger partial charge on any atom is 0.295 e. The molecular weight excluding hydrogens is 460 g/mol. The Balaban J connectivity index is 1.77. The number of nitrogens with zero attached hydrogens (tertiary/aromatic N) is 1. The van der Waals surface area contributed by atoms with E-state index in [1.165, 1.54) is 23.0 Å². The van der Waals surface area contributed by atoms with Gasteiger partial charge in [-0.1, -0.05) is 17.9 Å². The minimum Gasteiger partial charge on any atom is -0.872 e. The van der Waals surface area contributed by atoms with Gasteiger partial charge in [-0.15, -0.1) is 0 Å². The van der Waals surface area contributed by atoms with Gasteiger partial charge < -0.3 is 29.5 Å². The Bertz CT molecular complexity index is 1190. The summed E-state index contributed by atoms with van der Waals surface area (Å²) in [6.45, 7) is 9.32. The first-order valence-corrected chi connectivity index (χ1v) is 12.6. The summed E-state index contributed by atoms with van der Waals surface area (Å²) in [5.41, 5.74) is 1.73. The van der Waals surface area contributed by atoms with Crippen molar-refractivity contribution in [1.29, 1.82) is 0 Å².